The van der Waals surface area contributed by atoms with E-state index in [0.29, 0.717) is 12.3 Å². The summed E-state index contributed by atoms with van der Waals surface area (Å²) in [7, 11) is 0. The highest BCUT2D eigenvalue weighted by Gasteiger charge is 2.03. The fraction of sp³-hybridized carbons (Fsp3) is 0.435. The van der Waals surface area contributed by atoms with E-state index in [2.05, 4.69) is 22.4 Å². The molecule has 1 aromatic carbocycles. The van der Waals surface area contributed by atoms with Crippen LogP contribution >= 0.6 is 0 Å². The number of nitrogens with one attached hydrogen (secondary N) is 1. The first kappa shape index (κ1) is 22.4. The molecule has 1 heterocycles. The van der Waals surface area contributed by atoms with Gasteiger partial charge in [-0.25, -0.2) is 4.79 Å². The van der Waals surface area contributed by atoms with Crippen molar-refractivity contribution in [1.29, 1.82) is 0 Å². The molecule has 6 nitrogen and oxygen atoms in total. The third kappa shape index (κ3) is 10.3. The minimum atomic E-state index is -0.655. The van der Waals surface area contributed by atoms with Gasteiger partial charge in [0.05, 0.1) is 12.8 Å². The fourth-order valence-corrected chi connectivity index (χ4v) is 2.79. The summed E-state index contributed by atoms with van der Waals surface area (Å²) < 4.78 is 5.75. The van der Waals surface area contributed by atoms with Crippen molar-refractivity contribution in [2.24, 2.45) is 5.16 Å². The van der Waals surface area contributed by atoms with Crippen LogP contribution in [0.25, 0.3) is 0 Å². The second-order valence-corrected chi connectivity index (χ2v) is 6.87. The molecule has 29 heavy (non-hydrogen) atoms. The number of amides is 1. The SMILES string of the molecule is CCCCCCCCCCOc1ccc(NC(=O)O/N=C/c2cccnc2)cc1. The van der Waals surface area contributed by atoms with E-state index in [1.165, 1.54) is 51.2 Å². The Morgan fingerprint density at radius 2 is 1.76 bits per heavy atom. The van der Waals surface area contributed by atoms with Crippen molar-refractivity contribution >= 4 is 18.0 Å². The number of carbonyl (C=O) groups is 1. The Kier molecular flexibility index (Phi) is 10.9. The molecule has 2 aromatic rings. The van der Waals surface area contributed by atoms with Crippen LogP contribution < -0.4 is 10.1 Å². The summed E-state index contributed by atoms with van der Waals surface area (Å²) in [5.41, 5.74) is 1.37. The molecule has 156 valence electrons. The molecule has 0 spiro atoms. The van der Waals surface area contributed by atoms with Gasteiger partial charge in [0.2, 0.25) is 0 Å². The summed E-state index contributed by atoms with van der Waals surface area (Å²) in [5.74, 6) is 0.793. The van der Waals surface area contributed by atoms with E-state index >= 15 is 0 Å². The van der Waals surface area contributed by atoms with Crippen LogP contribution in [-0.4, -0.2) is 23.9 Å². The Bertz CT molecular complexity index is 718. The number of hydrogen-bond acceptors (Lipinski definition) is 5. The van der Waals surface area contributed by atoms with Crippen LogP contribution in [0.4, 0.5) is 10.5 Å². The van der Waals surface area contributed by atoms with Gasteiger partial charge in [-0.3, -0.25) is 15.1 Å². The highest BCUT2D eigenvalue weighted by atomic mass is 16.7. The molecule has 0 atom stereocenters. The van der Waals surface area contributed by atoms with Crippen LogP contribution in [-0.2, 0) is 4.84 Å². The average molecular weight is 398 g/mol. The number of pyridine rings is 1. The van der Waals surface area contributed by atoms with Crippen molar-refractivity contribution in [1.82, 2.24) is 4.98 Å². The topological polar surface area (TPSA) is 72.8 Å². The van der Waals surface area contributed by atoms with Crippen molar-refractivity contribution in [3.8, 4) is 5.75 Å². The van der Waals surface area contributed by atoms with Gasteiger partial charge in [0, 0.05) is 23.6 Å². The highest BCUT2D eigenvalue weighted by Crippen LogP contribution is 2.16. The summed E-state index contributed by atoms with van der Waals surface area (Å²) in [6.07, 6.45) is 14.3. The van der Waals surface area contributed by atoms with Crippen LogP contribution in [0.1, 0.15) is 63.9 Å². The molecule has 1 aromatic heterocycles. The second kappa shape index (κ2) is 14.2. The molecule has 0 bridgehead atoms. The number of aromatic nitrogens is 1. The molecule has 0 aliphatic heterocycles. The quantitative estimate of drug-likeness (QED) is 0.189. The van der Waals surface area contributed by atoms with Crippen molar-refractivity contribution in [3.63, 3.8) is 0 Å². The minimum absolute atomic E-state index is 0.617. The second-order valence-electron chi connectivity index (χ2n) is 6.87. The molecule has 2 rings (SSSR count). The summed E-state index contributed by atoms with van der Waals surface area (Å²) in [5, 5.41) is 6.25. The Labute approximate surface area is 173 Å². The van der Waals surface area contributed by atoms with Gasteiger partial charge in [-0.15, -0.1) is 0 Å². The van der Waals surface area contributed by atoms with E-state index in [-0.39, 0.29) is 0 Å². The first-order valence-electron chi connectivity index (χ1n) is 10.4. The lowest BCUT2D eigenvalue weighted by Crippen LogP contribution is -2.10. The van der Waals surface area contributed by atoms with Gasteiger partial charge in [-0.1, -0.05) is 63.1 Å². The maximum atomic E-state index is 11.7. The monoisotopic (exact) mass is 397 g/mol. The molecular weight excluding hydrogens is 366 g/mol. The van der Waals surface area contributed by atoms with Crippen LogP contribution in [0.3, 0.4) is 0 Å². The Morgan fingerprint density at radius 1 is 1.03 bits per heavy atom. The number of ether oxygens (including phenoxy) is 1. The standard InChI is InChI=1S/C23H31N3O3/c1-2-3-4-5-6-7-8-9-17-28-22-14-12-21(13-15-22)26-23(27)29-25-19-20-11-10-16-24-18-20/h10-16,18-19H,2-9,17H2,1H3,(H,26,27)/b25-19+. The Balaban J connectivity index is 1.58. The average Bonchev–Trinajstić information content (AvgIpc) is 2.74. The van der Waals surface area contributed by atoms with Crippen molar-refractivity contribution in [2.75, 3.05) is 11.9 Å². The summed E-state index contributed by atoms with van der Waals surface area (Å²) in [6.45, 7) is 2.96. The molecular formula is C23H31N3O3. The summed E-state index contributed by atoms with van der Waals surface area (Å²) in [4.78, 5) is 20.5. The molecule has 0 fully saturated rings. The number of oxime groups is 1. The molecule has 6 heteroatoms. The van der Waals surface area contributed by atoms with Crippen molar-refractivity contribution in [2.45, 2.75) is 58.3 Å². The summed E-state index contributed by atoms with van der Waals surface area (Å²) >= 11 is 0. The van der Waals surface area contributed by atoms with Gasteiger partial charge in [0.15, 0.2) is 0 Å². The van der Waals surface area contributed by atoms with Crippen LogP contribution in [0.2, 0.25) is 0 Å². The third-order valence-electron chi connectivity index (χ3n) is 4.39. The van der Waals surface area contributed by atoms with E-state index in [9.17, 15) is 4.79 Å². The number of unbranched alkanes of at least 4 members (excludes halogenated alkanes) is 7. The first-order chi connectivity index (χ1) is 14.3. The van der Waals surface area contributed by atoms with Gasteiger partial charge in [0.1, 0.15) is 5.75 Å². The highest BCUT2D eigenvalue weighted by molar-refractivity contribution is 5.85. The molecule has 1 amide bonds. The first-order valence-corrected chi connectivity index (χ1v) is 10.4. The molecule has 0 radical (unpaired) electrons. The van der Waals surface area contributed by atoms with E-state index in [0.717, 1.165) is 17.7 Å². The zero-order valence-corrected chi connectivity index (χ0v) is 17.2. The number of hydrogen-bond donors (Lipinski definition) is 1. The molecule has 0 aliphatic carbocycles. The van der Waals surface area contributed by atoms with Gasteiger partial charge < -0.3 is 4.74 Å². The van der Waals surface area contributed by atoms with Gasteiger partial charge in [-0.05, 0) is 36.8 Å². The fourth-order valence-electron chi connectivity index (χ4n) is 2.79. The lowest BCUT2D eigenvalue weighted by molar-refractivity contribution is 0.167. The number of anilines is 1. The molecule has 0 saturated heterocycles. The largest absolute Gasteiger partial charge is 0.494 e. The molecule has 0 saturated carbocycles. The van der Waals surface area contributed by atoms with Crippen molar-refractivity contribution < 1.29 is 14.4 Å². The number of rotatable bonds is 13. The van der Waals surface area contributed by atoms with Crippen LogP contribution in [0.15, 0.2) is 53.9 Å². The van der Waals surface area contributed by atoms with E-state index in [1.54, 1.807) is 30.6 Å². The zero-order valence-electron chi connectivity index (χ0n) is 17.2. The Morgan fingerprint density at radius 3 is 2.45 bits per heavy atom. The maximum Gasteiger partial charge on any atom is 0.437 e. The molecule has 0 unspecified atom stereocenters. The summed E-state index contributed by atoms with van der Waals surface area (Å²) in [6, 6.07) is 10.8. The van der Waals surface area contributed by atoms with Gasteiger partial charge in [-0.2, -0.15) is 0 Å². The van der Waals surface area contributed by atoms with E-state index < -0.39 is 6.09 Å². The molecule has 0 aliphatic rings. The van der Waals surface area contributed by atoms with Gasteiger partial charge >= 0.3 is 6.09 Å². The van der Waals surface area contributed by atoms with Gasteiger partial charge in [0.25, 0.3) is 0 Å². The minimum Gasteiger partial charge on any atom is -0.494 e. The van der Waals surface area contributed by atoms with E-state index in [1.807, 2.05) is 18.2 Å². The lowest BCUT2D eigenvalue weighted by Gasteiger charge is -2.08. The normalized spacial score (nSPS) is 10.8. The number of nitrogens with zero attached hydrogens (tertiary/aromatic N) is 2. The lowest BCUT2D eigenvalue weighted by atomic mass is 10.1. The van der Waals surface area contributed by atoms with Crippen molar-refractivity contribution in [3.05, 3.63) is 54.4 Å². The van der Waals surface area contributed by atoms with Crippen LogP contribution in [0.5, 0.6) is 5.75 Å². The Hall–Kier alpha value is -2.89. The number of carbonyl (C=O) groups excluding carboxylic acids is 1. The number of benzene rings is 1. The smallest absolute Gasteiger partial charge is 0.437 e. The van der Waals surface area contributed by atoms with Crippen LogP contribution in [0, 0.1) is 0 Å². The maximum absolute atomic E-state index is 11.7. The van der Waals surface area contributed by atoms with E-state index in [4.69, 9.17) is 9.57 Å². The third-order valence-corrected chi connectivity index (χ3v) is 4.39. The molecule has 1 N–H and O–H groups in total. The predicted octanol–water partition coefficient (Wildman–Crippen LogP) is 6.18. The zero-order chi connectivity index (χ0) is 20.6. The predicted molar refractivity (Wildman–Crippen MR) is 116 cm³/mol.